The third-order valence-electron chi connectivity index (χ3n) is 3.66. The van der Waals surface area contributed by atoms with Gasteiger partial charge in [0.05, 0.1) is 22.4 Å². The third-order valence-corrected chi connectivity index (χ3v) is 3.66. The fraction of sp³-hybridized carbons (Fsp3) is 0.333. The largest absolute Gasteiger partial charge is 0.379 e. The van der Waals surface area contributed by atoms with Crippen molar-refractivity contribution in [3.63, 3.8) is 0 Å². The summed E-state index contributed by atoms with van der Waals surface area (Å²) in [7, 11) is 2.00. The van der Waals surface area contributed by atoms with Crippen LogP contribution in [0.15, 0.2) is 30.5 Å². The van der Waals surface area contributed by atoms with E-state index in [1.54, 1.807) is 6.92 Å². The van der Waals surface area contributed by atoms with Crippen molar-refractivity contribution in [1.29, 1.82) is 0 Å². The summed E-state index contributed by atoms with van der Waals surface area (Å²) in [4.78, 5) is 19.5. The molecule has 0 spiro atoms. The number of Topliss-reactive ketones (excluding diaryl/α,β-unsaturated/α-hetero) is 1. The first kappa shape index (κ1) is 15.3. The average Bonchev–Trinajstić information content (AvgIpc) is 2.98. The molecule has 0 aliphatic rings. The zero-order chi connectivity index (χ0) is 16.8. The molecule has 0 aliphatic heterocycles. The second-order valence-corrected chi connectivity index (χ2v) is 6.97. The smallest absolute Gasteiger partial charge is 0.159 e. The number of carbonyl (C=O) groups is 1. The normalized spacial score (nSPS) is 11.9. The molecule has 2 aromatic heterocycles. The van der Waals surface area contributed by atoms with Crippen LogP contribution >= 0.6 is 0 Å². The molecular weight excluding hydrogens is 288 g/mol. The van der Waals surface area contributed by atoms with Gasteiger partial charge in [-0.15, -0.1) is 0 Å². The average molecular weight is 310 g/mol. The molecule has 0 bridgehead atoms. The Morgan fingerprint density at radius 2 is 2.00 bits per heavy atom. The number of nitrogens with one attached hydrogen (secondary N) is 2. The van der Waals surface area contributed by atoms with Crippen LogP contribution < -0.4 is 5.32 Å². The monoisotopic (exact) mass is 310 g/mol. The number of carbonyl (C=O) groups excluding carboxylic acids is 1. The summed E-state index contributed by atoms with van der Waals surface area (Å²) >= 11 is 0. The Morgan fingerprint density at radius 1 is 1.26 bits per heavy atom. The summed E-state index contributed by atoms with van der Waals surface area (Å²) in [5, 5.41) is 3.46. The number of rotatable bonds is 3. The Balaban J connectivity index is 2.01. The Hall–Kier alpha value is -2.56. The lowest BCUT2D eigenvalue weighted by molar-refractivity contribution is 0.101. The number of anilines is 1. The van der Waals surface area contributed by atoms with Gasteiger partial charge in [-0.25, -0.2) is 4.98 Å². The molecule has 3 aromatic rings. The molecule has 23 heavy (non-hydrogen) atoms. The number of hydrogen-bond acceptors (Lipinski definition) is 3. The van der Waals surface area contributed by atoms with Crippen molar-refractivity contribution in [2.45, 2.75) is 33.2 Å². The Bertz CT molecular complexity index is 880. The third kappa shape index (κ3) is 3.13. The maximum Gasteiger partial charge on any atom is 0.159 e. The van der Waals surface area contributed by atoms with E-state index in [9.17, 15) is 4.79 Å². The first-order valence-electron chi connectivity index (χ1n) is 7.68. The molecule has 0 atom stereocenters. The number of benzene rings is 1. The van der Waals surface area contributed by atoms with Gasteiger partial charge in [0.15, 0.2) is 11.6 Å². The van der Waals surface area contributed by atoms with Crippen LogP contribution in [-0.4, -0.2) is 25.9 Å². The van der Waals surface area contributed by atoms with Crippen molar-refractivity contribution in [3.05, 3.63) is 36.0 Å². The van der Waals surface area contributed by atoms with E-state index in [4.69, 9.17) is 0 Å². The van der Waals surface area contributed by atoms with Gasteiger partial charge in [0.25, 0.3) is 0 Å². The molecule has 0 amide bonds. The van der Waals surface area contributed by atoms with Crippen molar-refractivity contribution in [1.82, 2.24) is 14.5 Å². The van der Waals surface area contributed by atoms with Crippen LogP contribution in [0.2, 0.25) is 0 Å². The molecule has 0 saturated carbocycles. The van der Waals surface area contributed by atoms with E-state index in [1.165, 1.54) is 0 Å². The zero-order valence-electron chi connectivity index (χ0n) is 14.2. The van der Waals surface area contributed by atoms with Crippen LogP contribution in [0.5, 0.6) is 0 Å². The molecule has 2 heterocycles. The van der Waals surface area contributed by atoms with Gasteiger partial charge >= 0.3 is 0 Å². The highest BCUT2D eigenvalue weighted by molar-refractivity contribution is 5.97. The molecule has 0 unspecified atom stereocenters. The van der Waals surface area contributed by atoms with Crippen LogP contribution in [0.25, 0.3) is 22.6 Å². The van der Waals surface area contributed by atoms with Crippen molar-refractivity contribution < 1.29 is 4.79 Å². The minimum atomic E-state index is 0.00287. The van der Waals surface area contributed by atoms with E-state index in [2.05, 4.69) is 48.3 Å². The number of imidazole rings is 1. The number of aryl methyl sites for hydroxylation is 1. The van der Waals surface area contributed by atoms with Gasteiger partial charge in [-0.1, -0.05) is 0 Å². The quantitative estimate of drug-likeness (QED) is 0.719. The fourth-order valence-corrected chi connectivity index (χ4v) is 2.65. The molecule has 0 fully saturated rings. The SMILES string of the molecule is CC(=O)c1ccc2nc(-c3cc(NC(C)(C)C)cn3C)[nH]c2c1. The van der Waals surface area contributed by atoms with Crippen LogP contribution in [-0.2, 0) is 7.05 Å². The minimum Gasteiger partial charge on any atom is -0.379 e. The first-order valence-corrected chi connectivity index (χ1v) is 7.68. The summed E-state index contributed by atoms with van der Waals surface area (Å²) in [6.45, 7) is 7.96. The number of hydrogen-bond donors (Lipinski definition) is 2. The summed E-state index contributed by atoms with van der Waals surface area (Å²) in [5.74, 6) is 0.851. The molecule has 120 valence electrons. The van der Waals surface area contributed by atoms with Crippen molar-refractivity contribution in [2.75, 3.05) is 5.32 Å². The predicted molar refractivity (Wildman–Crippen MR) is 93.9 cm³/mol. The molecule has 0 aliphatic carbocycles. The van der Waals surface area contributed by atoms with Gasteiger partial charge in [0.2, 0.25) is 0 Å². The topological polar surface area (TPSA) is 62.7 Å². The molecule has 0 radical (unpaired) electrons. The van der Waals surface area contributed by atoms with Gasteiger partial charge in [-0.05, 0) is 52.0 Å². The second-order valence-electron chi connectivity index (χ2n) is 6.97. The lowest BCUT2D eigenvalue weighted by Gasteiger charge is -2.20. The highest BCUT2D eigenvalue weighted by Crippen LogP contribution is 2.26. The Labute approximate surface area is 135 Å². The summed E-state index contributed by atoms with van der Waals surface area (Å²) in [6, 6.07) is 7.62. The summed E-state index contributed by atoms with van der Waals surface area (Å²) in [5.41, 5.74) is 4.48. The highest BCUT2D eigenvalue weighted by Gasteiger charge is 2.15. The van der Waals surface area contributed by atoms with E-state index in [-0.39, 0.29) is 11.3 Å². The fourth-order valence-electron chi connectivity index (χ4n) is 2.65. The van der Waals surface area contributed by atoms with Crippen LogP contribution in [0.1, 0.15) is 38.1 Å². The van der Waals surface area contributed by atoms with Crippen LogP contribution in [0, 0.1) is 0 Å². The number of aromatic amines is 1. The summed E-state index contributed by atoms with van der Waals surface area (Å²) in [6.07, 6.45) is 2.05. The molecule has 3 rings (SSSR count). The molecule has 5 heteroatoms. The summed E-state index contributed by atoms with van der Waals surface area (Å²) < 4.78 is 2.04. The van der Waals surface area contributed by atoms with Gasteiger partial charge < -0.3 is 14.9 Å². The maximum atomic E-state index is 11.5. The van der Waals surface area contributed by atoms with Gasteiger partial charge in [0.1, 0.15) is 0 Å². The standard InChI is InChI=1S/C18H22N4O/c1-11(23)12-6-7-14-15(8-12)20-17(19-14)16-9-13(10-22(16)5)21-18(2,3)4/h6-10,21H,1-5H3,(H,19,20). The van der Waals surface area contributed by atoms with Gasteiger partial charge in [-0.3, -0.25) is 4.79 Å². The molecule has 1 aromatic carbocycles. The molecule has 2 N–H and O–H groups in total. The van der Waals surface area contributed by atoms with Crippen molar-refractivity contribution >= 4 is 22.5 Å². The van der Waals surface area contributed by atoms with Crippen LogP contribution in [0.3, 0.4) is 0 Å². The van der Waals surface area contributed by atoms with Crippen molar-refractivity contribution in [2.24, 2.45) is 7.05 Å². The molecule has 0 saturated heterocycles. The van der Waals surface area contributed by atoms with E-state index >= 15 is 0 Å². The van der Waals surface area contributed by atoms with Gasteiger partial charge in [-0.2, -0.15) is 0 Å². The van der Waals surface area contributed by atoms with E-state index in [0.29, 0.717) is 5.56 Å². The predicted octanol–water partition coefficient (Wildman–Crippen LogP) is 3.98. The lowest BCUT2D eigenvalue weighted by atomic mass is 10.1. The number of H-pyrrole nitrogens is 1. The molecular formula is C18H22N4O. The van der Waals surface area contributed by atoms with E-state index < -0.39 is 0 Å². The Kier molecular flexibility index (Phi) is 3.51. The highest BCUT2D eigenvalue weighted by atomic mass is 16.1. The maximum absolute atomic E-state index is 11.5. The first-order chi connectivity index (χ1) is 10.7. The zero-order valence-corrected chi connectivity index (χ0v) is 14.2. The van der Waals surface area contributed by atoms with E-state index in [0.717, 1.165) is 28.2 Å². The second kappa shape index (κ2) is 5.26. The van der Waals surface area contributed by atoms with Gasteiger partial charge in [0, 0.05) is 24.3 Å². The number of ketones is 1. The van der Waals surface area contributed by atoms with Crippen LogP contribution in [0.4, 0.5) is 5.69 Å². The van der Waals surface area contributed by atoms with Crippen molar-refractivity contribution in [3.8, 4) is 11.5 Å². The number of nitrogens with zero attached hydrogens (tertiary/aromatic N) is 2. The Morgan fingerprint density at radius 3 is 2.65 bits per heavy atom. The molecule has 5 nitrogen and oxygen atoms in total. The number of fused-ring (bicyclic) bond motifs is 1. The van der Waals surface area contributed by atoms with E-state index in [1.807, 2.05) is 29.8 Å². The lowest BCUT2D eigenvalue weighted by Crippen LogP contribution is -2.25. The number of aromatic nitrogens is 3. The minimum absolute atomic E-state index is 0.00287.